The third kappa shape index (κ3) is 2.51. The lowest BCUT2D eigenvalue weighted by atomic mass is 10.2. The molecule has 0 unspecified atom stereocenters. The summed E-state index contributed by atoms with van der Waals surface area (Å²) in [5.41, 5.74) is 0.833. The van der Waals surface area contributed by atoms with E-state index in [1.54, 1.807) is 11.3 Å². The van der Waals surface area contributed by atoms with Crippen LogP contribution >= 0.6 is 22.9 Å². The fourth-order valence-corrected chi connectivity index (χ4v) is 3.47. The summed E-state index contributed by atoms with van der Waals surface area (Å²) in [7, 11) is -2.99. The van der Waals surface area contributed by atoms with Crippen molar-refractivity contribution in [1.29, 1.82) is 0 Å². The highest BCUT2D eigenvalue weighted by molar-refractivity contribution is 7.89. The van der Waals surface area contributed by atoms with E-state index in [4.69, 9.17) is 11.6 Å². The molecule has 1 heterocycles. The molecule has 0 aliphatic heterocycles. The number of benzene rings is 1. The molecule has 15 heavy (non-hydrogen) atoms. The molecule has 1 aromatic heterocycles. The molecule has 0 atom stereocenters. The van der Waals surface area contributed by atoms with E-state index in [2.05, 4.69) is 0 Å². The monoisotopic (exact) mass is 260 g/mol. The first-order valence-electron chi connectivity index (χ1n) is 4.29. The van der Waals surface area contributed by atoms with Gasteiger partial charge in [-0.25, -0.2) is 8.42 Å². The lowest BCUT2D eigenvalue weighted by Gasteiger charge is -1.97. The van der Waals surface area contributed by atoms with Crippen LogP contribution in [0.25, 0.3) is 10.1 Å². The highest BCUT2D eigenvalue weighted by Gasteiger charge is 2.10. The third-order valence-corrected chi connectivity index (χ3v) is 4.12. The standard InChI is InChI=1S/C10H9ClO2S2/c1-15(12,13)6-7-5-14-10-3-2-8(11)4-9(7)10/h2-5H,6H2,1H3. The zero-order valence-corrected chi connectivity index (χ0v) is 10.4. The minimum atomic E-state index is -2.99. The lowest BCUT2D eigenvalue weighted by Crippen LogP contribution is -1.99. The van der Waals surface area contributed by atoms with Gasteiger partial charge in [0.15, 0.2) is 9.84 Å². The van der Waals surface area contributed by atoms with Crippen LogP contribution in [0.5, 0.6) is 0 Å². The highest BCUT2D eigenvalue weighted by Crippen LogP contribution is 2.29. The van der Waals surface area contributed by atoms with Gasteiger partial charge in [-0.2, -0.15) is 0 Å². The minimum absolute atomic E-state index is 0.0767. The first-order valence-corrected chi connectivity index (χ1v) is 7.61. The van der Waals surface area contributed by atoms with Crippen molar-refractivity contribution in [3.8, 4) is 0 Å². The van der Waals surface area contributed by atoms with E-state index in [9.17, 15) is 8.42 Å². The summed E-state index contributed by atoms with van der Waals surface area (Å²) in [6, 6.07) is 5.53. The number of hydrogen-bond donors (Lipinski definition) is 0. The van der Waals surface area contributed by atoms with Gasteiger partial charge in [0.2, 0.25) is 0 Å². The molecule has 2 aromatic rings. The lowest BCUT2D eigenvalue weighted by molar-refractivity contribution is 0.601. The molecule has 0 aliphatic rings. The van der Waals surface area contributed by atoms with Crippen molar-refractivity contribution < 1.29 is 8.42 Å². The third-order valence-electron chi connectivity index (χ3n) is 2.03. The molecule has 5 heteroatoms. The van der Waals surface area contributed by atoms with Crippen LogP contribution in [-0.4, -0.2) is 14.7 Å². The summed E-state index contributed by atoms with van der Waals surface area (Å²) in [5, 5.41) is 3.45. The molecule has 0 saturated heterocycles. The summed E-state index contributed by atoms with van der Waals surface area (Å²) >= 11 is 7.41. The second-order valence-corrected chi connectivity index (χ2v) is 6.96. The van der Waals surface area contributed by atoms with Crippen LogP contribution in [0, 0.1) is 0 Å². The second-order valence-electron chi connectivity index (χ2n) is 3.47. The molecule has 0 saturated carbocycles. The Morgan fingerprint density at radius 1 is 1.40 bits per heavy atom. The van der Waals surface area contributed by atoms with Crippen LogP contribution in [-0.2, 0) is 15.6 Å². The van der Waals surface area contributed by atoms with Gasteiger partial charge in [0.05, 0.1) is 5.75 Å². The Labute approximate surface area is 97.4 Å². The summed E-state index contributed by atoms with van der Waals surface area (Å²) < 4.78 is 23.5. The van der Waals surface area contributed by atoms with Gasteiger partial charge in [-0.3, -0.25) is 0 Å². The van der Waals surface area contributed by atoms with E-state index in [-0.39, 0.29) is 5.75 Å². The molecule has 80 valence electrons. The van der Waals surface area contributed by atoms with Crippen LogP contribution in [0.1, 0.15) is 5.56 Å². The van der Waals surface area contributed by atoms with Crippen LogP contribution in [0.15, 0.2) is 23.6 Å². The van der Waals surface area contributed by atoms with Crippen molar-refractivity contribution in [2.75, 3.05) is 6.26 Å². The molecule has 0 spiro atoms. The van der Waals surface area contributed by atoms with E-state index in [0.29, 0.717) is 5.02 Å². The molecule has 0 bridgehead atoms. The largest absolute Gasteiger partial charge is 0.229 e. The van der Waals surface area contributed by atoms with Gasteiger partial charge < -0.3 is 0 Å². The van der Waals surface area contributed by atoms with Crippen LogP contribution in [0.2, 0.25) is 5.02 Å². The van der Waals surface area contributed by atoms with Crippen LogP contribution in [0.3, 0.4) is 0 Å². The number of sulfone groups is 1. The average Bonchev–Trinajstić information content (AvgIpc) is 2.46. The zero-order chi connectivity index (χ0) is 11.1. The van der Waals surface area contributed by atoms with Gasteiger partial charge >= 0.3 is 0 Å². The minimum Gasteiger partial charge on any atom is -0.229 e. The molecule has 0 aliphatic carbocycles. The highest BCUT2D eigenvalue weighted by atomic mass is 35.5. The maximum Gasteiger partial charge on any atom is 0.151 e. The molecule has 1 aromatic carbocycles. The van der Waals surface area contributed by atoms with Crippen LogP contribution < -0.4 is 0 Å². The van der Waals surface area contributed by atoms with E-state index in [0.717, 1.165) is 15.6 Å². The van der Waals surface area contributed by atoms with Gasteiger partial charge in [-0.15, -0.1) is 11.3 Å². The second kappa shape index (κ2) is 3.77. The summed E-state index contributed by atoms with van der Waals surface area (Å²) in [6.07, 6.45) is 1.24. The first-order chi connectivity index (χ1) is 6.96. The molecule has 0 fully saturated rings. The molecule has 0 amide bonds. The molecule has 0 N–H and O–H groups in total. The number of halogens is 1. The topological polar surface area (TPSA) is 34.1 Å². The number of fused-ring (bicyclic) bond motifs is 1. The Morgan fingerprint density at radius 3 is 2.80 bits per heavy atom. The van der Waals surface area contributed by atoms with Crippen LogP contribution in [0.4, 0.5) is 0 Å². The van der Waals surface area contributed by atoms with Crippen molar-refractivity contribution in [2.45, 2.75) is 5.75 Å². The Morgan fingerprint density at radius 2 is 2.13 bits per heavy atom. The predicted molar refractivity (Wildman–Crippen MR) is 65.4 cm³/mol. The average molecular weight is 261 g/mol. The number of thiophene rings is 1. The number of hydrogen-bond acceptors (Lipinski definition) is 3. The Bertz CT molecular complexity index is 599. The molecule has 2 nitrogen and oxygen atoms in total. The van der Waals surface area contributed by atoms with E-state index in [1.807, 2.05) is 23.6 Å². The fraction of sp³-hybridized carbons (Fsp3) is 0.200. The van der Waals surface area contributed by atoms with Gasteiger partial charge in [0.1, 0.15) is 0 Å². The maximum absolute atomic E-state index is 11.2. The summed E-state index contributed by atoms with van der Waals surface area (Å²) in [6.45, 7) is 0. The van der Waals surface area contributed by atoms with Gasteiger partial charge in [-0.1, -0.05) is 11.6 Å². The van der Waals surface area contributed by atoms with Crippen molar-refractivity contribution >= 4 is 42.9 Å². The van der Waals surface area contributed by atoms with Crippen molar-refractivity contribution in [3.05, 3.63) is 34.2 Å². The molecule has 2 rings (SSSR count). The van der Waals surface area contributed by atoms with Gasteiger partial charge in [-0.05, 0) is 34.5 Å². The van der Waals surface area contributed by atoms with E-state index in [1.165, 1.54) is 6.26 Å². The Balaban J connectivity index is 2.57. The number of rotatable bonds is 2. The first kappa shape index (κ1) is 10.9. The summed E-state index contributed by atoms with van der Waals surface area (Å²) in [5.74, 6) is 0.0767. The zero-order valence-electron chi connectivity index (χ0n) is 8.03. The van der Waals surface area contributed by atoms with Gasteiger partial charge in [0.25, 0.3) is 0 Å². The van der Waals surface area contributed by atoms with E-state index < -0.39 is 9.84 Å². The van der Waals surface area contributed by atoms with Crippen molar-refractivity contribution in [3.63, 3.8) is 0 Å². The Hall–Kier alpha value is -0.580. The Kier molecular flexibility index (Phi) is 2.75. The van der Waals surface area contributed by atoms with Crippen molar-refractivity contribution in [1.82, 2.24) is 0 Å². The predicted octanol–water partition coefficient (Wildman–Crippen LogP) is 3.10. The summed E-state index contributed by atoms with van der Waals surface area (Å²) in [4.78, 5) is 0. The normalized spacial score (nSPS) is 12.1. The molecular weight excluding hydrogens is 252 g/mol. The quantitative estimate of drug-likeness (QED) is 0.832. The fourth-order valence-electron chi connectivity index (χ4n) is 1.45. The smallest absolute Gasteiger partial charge is 0.151 e. The van der Waals surface area contributed by atoms with E-state index >= 15 is 0 Å². The maximum atomic E-state index is 11.2. The van der Waals surface area contributed by atoms with Crippen molar-refractivity contribution in [2.24, 2.45) is 0 Å². The molecular formula is C10H9ClO2S2. The van der Waals surface area contributed by atoms with Gasteiger partial charge in [0, 0.05) is 16.0 Å². The SMILES string of the molecule is CS(=O)(=O)Cc1csc2ccc(Cl)cc12. The molecule has 0 radical (unpaired) electrons.